The topological polar surface area (TPSA) is 65.4 Å². The summed E-state index contributed by atoms with van der Waals surface area (Å²) in [5.41, 5.74) is 1.15. The number of hydrogen-bond acceptors (Lipinski definition) is 4. The first kappa shape index (κ1) is 21.0. The molecule has 0 fully saturated rings. The van der Waals surface area contributed by atoms with Gasteiger partial charge in [-0.1, -0.05) is 42.5 Å². The minimum absolute atomic E-state index is 0.136. The van der Waals surface area contributed by atoms with Crippen LogP contribution in [0.1, 0.15) is 23.0 Å². The fraction of sp³-hybridized carbons (Fsp3) is 0.182. The number of methoxy groups -OCH3 is 1. The number of aromatic nitrogens is 2. The number of nitrogens with one attached hydrogen (secondary N) is 1. The van der Waals surface area contributed by atoms with E-state index < -0.39 is 18.6 Å². The Morgan fingerprint density at radius 3 is 2.57 bits per heavy atom. The number of carbonyl (C=O) groups is 1. The number of hydrogen-bond donors (Lipinski definition) is 1. The van der Waals surface area contributed by atoms with Gasteiger partial charge in [0, 0.05) is 31.1 Å². The van der Waals surface area contributed by atoms with E-state index >= 15 is 0 Å². The van der Waals surface area contributed by atoms with Gasteiger partial charge in [-0.05, 0) is 17.7 Å². The highest BCUT2D eigenvalue weighted by Crippen LogP contribution is 2.33. The van der Waals surface area contributed by atoms with Crippen molar-refractivity contribution in [3.63, 3.8) is 0 Å². The summed E-state index contributed by atoms with van der Waals surface area (Å²) in [7, 11) is 3.19. The number of ether oxygens (including phenoxy) is 2. The summed E-state index contributed by atoms with van der Waals surface area (Å²) < 4.78 is 37.0. The summed E-state index contributed by atoms with van der Waals surface area (Å²) in [5, 5.41) is 2.91. The number of rotatable bonds is 8. The van der Waals surface area contributed by atoms with Crippen molar-refractivity contribution in [2.24, 2.45) is 7.05 Å². The van der Waals surface area contributed by atoms with Crippen LogP contribution in [0.5, 0.6) is 11.5 Å². The van der Waals surface area contributed by atoms with E-state index in [9.17, 15) is 13.6 Å². The van der Waals surface area contributed by atoms with Crippen LogP contribution in [0.25, 0.3) is 6.08 Å². The average Bonchev–Trinajstić information content (AvgIpc) is 3.17. The molecule has 0 aliphatic rings. The third-order valence-electron chi connectivity index (χ3n) is 4.39. The van der Waals surface area contributed by atoms with Crippen LogP contribution in [0.3, 0.4) is 0 Å². The maximum Gasteiger partial charge on any atom is 0.387 e. The van der Waals surface area contributed by atoms with E-state index in [0.29, 0.717) is 5.82 Å². The van der Waals surface area contributed by atoms with Gasteiger partial charge >= 0.3 is 6.61 Å². The second kappa shape index (κ2) is 9.69. The molecule has 0 bridgehead atoms. The van der Waals surface area contributed by atoms with Crippen LogP contribution in [0.15, 0.2) is 67.0 Å². The summed E-state index contributed by atoms with van der Waals surface area (Å²) in [4.78, 5) is 17.0. The number of halogens is 2. The van der Waals surface area contributed by atoms with Gasteiger partial charge in [0.25, 0.3) is 0 Å². The zero-order valence-corrected chi connectivity index (χ0v) is 16.5. The van der Waals surface area contributed by atoms with Crippen molar-refractivity contribution in [2.75, 3.05) is 7.11 Å². The molecule has 0 spiro atoms. The van der Waals surface area contributed by atoms with Crippen molar-refractivity contribution in [2.45, 2.75) is 12.7 Å². The van der Waals surface area contributed by atoms with Crippen molar-refractivity contribution < 1.29 is 23.0 Å². The standard InChI is InChI=1S/C22H21F2N3O3/c1-27-14-13-25-21(27)19(15-7-4-3-5-8-15)26-18(28)12-11-16-9-6-10-17(29-2)20(16)30-22(23)24/h3-14,19,22H,1-2H3,(H,26,28)/b12-11+. The van der Waals surface area contributed by atoms with Crippen molar-refractivity contribution >= 4 is 12.0 Å². The molecule has 0 aliphatic carbocycles. The van der Waals surface area contributed by atoms with Crippen molar-refractivity contribution in [3.05, 3.63) is 84.0 Å². The molecule has 1 atom stereocenters. The van der Waals surface area contributed by atoms with Crippen LogP contribution < -0.4 is 14.8 Å². The predicted octanol–water partition coefficient (Wildman–Crippen LogP) is 3.95. The van der Waals surface area contributed by atoms with Gasteiger partial charge in [-0.2, -0.15) is 8.78 Å². The summed E-state index contributed by atoms with van der Waals surface area (Å²) in [6, 6.07) is 13.6. The second-order valence-corrected chi connectivity index (χ2v) is 6.34. The molecule has 8 heteroatoms. The molecule has 0 aliphatic heterocycles. The number of amides is 1. The molecular weight excluding hydrogens is 392 g/mol. The predicted molar refractivity (Wildman–Crippen MR) is 108 cm³/mol. The first-order valence-corrected chi connectivity index (χ1v) is 9.12. The first-order valence-electron chi connectivity index (χ1n) is 9.12. The molecule has 3 aromatic rings. The van der Waals surface area contributed by atoms with Crippen LogP contribution in [0.2, 0.25) is 0 Å². The minimum Gasteiger partial charge on any atom is -0.493 e. The molecule has 0 saturated carbocycles. The molecule has 0 saturated heterocycles. The molecule has 1 heterocycles. The van der Waals surface area contributed by atoms with Gasteiger partial charge in [0.15, 0.2) is 11.5 Å². The number of benzene rings is 2. The van der Waals surface area contributed by atoms with Gasteiger partial charge in [0.2, 0.25) is 5.91 Å². The largest absolute Gasteiger partial charge is 0.493 e. The van der Waals surface area contributed by atoms with Crippen molar-refractivity contribution in [1.82, 2.24) is 14.9 Å². The van der Waals surface area contributed by atoms with Gasteiger partial charge in [0.05, 0.1) is 7.11 Å². The molecule has 1 unspecified atom stereocenters. The van der Waals surface area contributed by atoms with Crippen LogP contribution >= 0.6 is 0 Å². The fourth-order valence-electron chi connectivity index (χ4n) is 2.99. The van der Waals surface area contributed by atoms with E-state index in [2.05, 4.69) is 15.0 Å². The quantitative estimate of drug-likeness (QED) is 0.568. The number of aryl methyl sites for hydroxylation is 1. The monoisotopic (exact) mass is 413 g/mol. The normalized spacial score (nSPS) is 12.2. The maximum absolute atomic E-state index is 12.8. The molecule has 0 radical (unpaired) electrons. The second-order valence-electron chi connectivity index (χ2n) is 6.34. The third kappa shape index (κ3) is 5.02. The molecule has 156 valence electrons. The SMILES string of the molecule is COc1cccc(/C=C/C(=O)NC(c2ccccc2)c2nccn2C)c1OC(F)F. The van der Waals surface area contributed by atoms with E-state index in [1.54, 1.807) is 24.5 Å². The lowest BCUT2D eigenvalue weighted by molar-refractivity contribution is -0.117. The molecule has 2 aromatic carbocycles. The Morgan fingerprint density at radius 1 is 1.17 bits per heavy atom. The number of imidazole rings is 1. The Kier molecular flexibility index (Phi) is 6.79. The Morgan fingerprint density at radius 2 is 1.93 bits per heavy atom. The molecular formula is C22H21F2N3O3. The number of nitrogens with zero attached hydrogens (tertiary/aromatic N) is 2. The third-order valence-corrected chi connectivity index (χ3v) is 4.39. The lowest BCUT2D eigenvalue weighted by Gasteiger charge is -2.18. The molecule has 3 rings (SSSR count). The first-order chi connectivity index (χ1) is 14.5. The fourth-order valence-corrected chi connectivity index (χ4v) is 2.99. The van der Waals surface area contributed by atoms with Crippen LogP contribution in [0, 0.1) is 0 Å². The van der Waals surface area contributed by atoms with Gasteiger partial charge < -0.3 is 19.4 Å². The van der Waals surface area contributed by atoms with Crippen molar-refractivity contribution in [3.8, 4) is 11.5 Å². The maximum atomic E-state index is 12.8. The van der Waals surface area contributed by atoms with E-state index in [4.69, 9.17) is 4.74 Å². The zero-order valence-electron chi connectivity index (χ0n) is 16.5. The Labute approximate surface area is 172 Å². The summed E-state index contributed by atoms with van der Waals surface area (Å²) in [5.74, 6) is 0.250. The Bertz CT molecular complexity index is 1020. The molecule has 6 nitrogen and oxygen atoms in total. The van der Waals surface area contributed by atoms with E-state index in [1.165, 1.54) is 25.3 Å². The lowest BCUT2D eigenvalue weighted by Crippen LogP contribution is -2.29. The molecule has 1 N–H and O–H groups in total. The number of alkyl halides is 2. The van der Waals surface area contributed by atoms with Crippen LogP contribution in [0.4, 0.5) is 8.78 Å². The van der Waals surface area contributed by atoms with Gasteiger partial charge in [0.1, 0.15) is 11.9 Å². The van der Waals surface area contributed by atoms with E-state index in [0.717, 1.165) is 5.56 Å². The Hall–Kier alpha value is -3.68. The number of para-hydroxylation sites is 1. The average molecular weight is 413 g/mol. The van der Waals surface area contributed by atoms with Crippen LogP contribution in [-0.4, -0.2) is 29.2 Å². The smallest absolute Gasteiger partial charge is 0.387 e. The zero-order chi connectivity index (χ0) is 21.5. The highest BCUT2D eigenvalue weighted by Gasteiger charge is 2.20. The highest BCUT2D eigenvalue weighted by atomic mass is 19.3. The van der Waals surface area contributed by atoms with Crippen LogP contribution in [-0.2, 0) is 11.8 Å². The summed E-state index contributed by atoms with van der Waals surface area (Å²) >= 11 is 0. The minimum atomic E-state index is -3.02. The van der Waals surface area contributed by atoms with Gasteiger partial charge in [-0.3, -0.25) is 4.79 Å². The van der Waals surface area contributed by atoms with E-state index in [1.807, 2.05) is 41.9 Å². The Balaban J connectivity index is 1.85. The van der Waals surface area contributed by atoms with Crippen molar-refractivity contribution in [1.29, 1.82) is 0 Å². The number of carbonyl (C=O) groups excluding carboxylic acids is 1. The molecule has 30 heavy (non-hydrogen) atoms. The lowest BCUT2D eigenvalue weighted by atomic mass is 10.1. The highest BCUT2D eigenvalue weighted by molar-refractivity contribution is 5.92. The summed E-state index contributed by atoms with van der Waals surface area (Å²) in [6.07, 6.45) is 6.09. The van der Waals surface area contributed by atoms with Gasteiger partial charge in [-0.15, -0.1) is 0 Å². The van der Waals surface area contributed by atoms with E-state index in [-0.39, 0.29) is 17.1 Å². The van der Waals surface area contributed by atoms with Gasteiger partial charge in [-0.25, -0.2) is 4.98 Å². The summed E-state index contributed by atoms with van der Waals surface area (Å²) in [6.45, 7) is -3.02. The molecule has 1 aromatic heterocycles. The molecule has 1 amide bonds.